The van der Waals surface area contributed by atoms with Gasteiger partial charge in [-0.2, -0.15) is 0 Å². The normalized spacial score (nSPS) is 24.0. The second-order valence-corrected chi connectivity index (χ2v) is 8.88. The quantitative estimate of drug-likeness (QED) is 0.463. The summed E-state index contributed by atoms with van der Waals surface area (Å²) in [5, 5.41) is 15.5. The molecule has 0 radical (unpaired) electrons. The zero-order valence-electron chi connectivity index (χ0n) is 18.6. The third-order valence-corrected chi connectivity index (χ3v) is 6.38. The number of aliphatic hydroxyl groups is 1. The fourth-order valence-corrected chi connectivity index (χ4v) is 4.50. The van der Waals surface area contributed by atoms with Crippen molar-refractivity contribution >= 4 is 17.8 Å². The van der Waals surface area contributed by atoms with Crippen molar-refractivity contribution in [2.45, 2.75) is 56.9 Å². The third-order valence-electron chi connectivity index (χ3n) is 6.38. The molecule has 3 N–H and O–H groups in total. The van der Waals surface area contributed by atoms with E-state index in [1.807, 2.05) is 42.5 Å². The van der Waals surface area contributed by atoms with Crippen LogP contribution in [0.2, 0.25) is 0 Å². The van der Waals surface area contributed by atoms with Gasteiger partial charge in [0.2, 0.25) is 11.8 Å². The molecule has 0 spiro atoms. The lowest BCUT2D eigenvalue weighted by molar-refractivity contribution is -0.148. The average molecular weight is 443 g/mol. The maximum atomic E-state index is 12.7. The first-order valence-electron chi connectivity index (χ1n) is 11.6. The Kier molecular flexibility index (Phi) is 8.85. The van der Waals surface area contributed by atoms with Crippen LogP contribution in [0.5, 0.6) is 0 Å². The van der Waals surface area contributed by atoms with Gasteiger partial charge in [0.15, 0.2) is 0 Å². The van der Waals surface area contributed by atoms with Crippen molar-refractivity contribution in [2.24, 2.45) is 11.8 Å². The Bertz CT molecular complexity index is 802. The third kappa shape index (κ3) is 6.92. The number of cyclic esters (lactones) is 1. The van der Waals surface area contributed by atoms with Gasteiger partial charge < -0.3 is 20.5 Å². The van der Waals surface area contributed by atoms with Crippen molar-refractivity contribution in [3.05, 3.63) is 48.0 Å². The van der Waals surface area contributed by atoms with Gasteiger partial charge in [0.1, 0.15) is 6.61 Å². The molecule has 174 valence electrons. The summed E-state index contributed by atoms with van der Waals surface area (Å²) in [4.78, 5) is 37.8. The number of carbonyl (C=O) groups is 3. The van der Waals surface area contributed by atoms with Crippen molar-refractivity contribution in [2.75, 3.05) is 19.8 Å². The van der Waals surface area contributed by atoms with Crippen LogP contribution in [0.4, 0.5) is 0 Å². The van der Waals surface area contributed by atoms with Crippen LogP contribution in [0.25, 0.3) is 0 Å². The van der Waals surface area contributed by atoms with Crippen LogP contribution in [-0.2, 0) is 25.5 Å². The topological polar surface area (TPSA) is 105 Å². The van der Waals surface area contributed by atoms with Crippen molar-refractivity contribution in [3.8, 4) is 0 Å². The molecule has 1 aromatic carbocycles. The molecule has 0 unspecified atom stereocenters. The van der Waals surface area contributed by atoms with E-state index in [9.17, 15) is 19.5 Å². The minimum atomic E-state index is -0.548. The van der Waals surface area contributed by atoms with Gasteiger partial charge in [0.05, 0.1) is 30.5 Å². The standard InChI is InChI=1S/C25H34N2O5/c28-18-25(12-6-7-13-25)27-22(29)17-20-10-4-5-11-21(16-19-8-2-1-3-9-19)24(31)32-15-14-26-23(20)30/h1-5,8-9,20-21,28H,6-7,10-18H2,(H,26,30)(H,27,29)/t20-,21-/m1/s1. The van der Waals surface area contributed by atoms with Gasteiger partial charge in [-0.25, -0.2) is 0 Å². The zero-order chi connectivity index (χ0) is 22.8. The summed E-state index contributed by atoms with van der Waals surface area (Å²) in [6.07, 6.45) is 8.85. The summed E-state index contributed by atoms with van der Waals surface area (Å²) in [6, 6.07) is 9.82. The van der Waals surface area contributed by atoms with Crippen LogP contribution in [0.3, 0.4) is 0 Å². The van der Waals surface area contributed by atoms with Gasteiger partial charge in [-0.3, -0.25) is 14.4 Å². The van der Waals surface area contributed by atoms with E-state index in [1.165, 1.54) is 0 Å². The maximum absolute atomic E-state index is 12.7. The van der Waals surface area contributed by atoms with Gasteiger partial charge in [0, 0.05) is 6.42 Å². The van der Waals surface area contributed by atoms with E-state index in [0.717, 1.165) is 31.2 Å². The highest BCUT2D eigenvalue weighted by Crippen LogP contribution is 2.29. The molecule has 0 bridgehead atoms. The van der Waals surface area contributed by atoms with Crippen LogP contribution >= 0.6 is 0 Å². The number of carbonyl (C=O) groups excluding carboxylic acids is 3. The number of rotatable bonds is 6. The molecule has 1 aromatic rings. The summed E-state index contributed by atoms with van der Waals surface area (Å²) in [5.74, 6) is -1.51. The van der Waals surface area contributed by atoms with Crippen molar-refractivity contribution in [1.82, 2.24) is 10.6 Å². The summed E-state index contributed by atoms with van der Waals surface area (Å²) >= 11 is 0. The number of allylic oxidation sites excluding steroid dienone is 2. The lowest BCUT2D eigenvalue weighted by atomic mass is 9.93. The first kappa shape index (κ1) is 24.0. The Morgan fingerprint density at radius 2 is 1.78 bits per heavy atom. The molecule has 32 heavy (non-hydrogen) atoms. The minimum Gasteiger partial charge on any atom is -0.464 e. The molecule has 7 nitrogen and oxygen atoms in total. The second kappa shape index (κ2) is 11.8. The summed E-state index contributed by atoms with van der Waals surface area (Å²) in [7, 11) is 0. The number of hydrogen-bond acceptors (Lipinski definition) is 5. The van der Waals surface area contributed by atoms with E-state index in [-0.39, 0.29) is 49.9 Å². The van der Waals surface area contributed by atoms with Gasteiger partial charge >= 0.3 is 5.97 Å². The van der Waals surface area contributed by atoms with E-state index in [0.29, 0.717) is 19.3 Å². The summed E-state index contributed by atoms with van der Waals surface area (Å²) in [6.45, 7) is 0.237. The molecule has 1 saturated carbocycles. The van der Waals surface area contributed by atoms with Crippen LogP contribution in [0, 0.1) is 11.8 Å². The average Bonchev–Trinajstić information content (AvgIpc) is 3.26. The lowest BCUT2D eigenvalue weighted by Crippen LogP contribution is -2.50. The molecule has 1 fully saturated rings. The molecule has 7 heteroatoms. The Morgan fingerprint density at radius 3 is 2.47 bits per heavy atom. The molecule has 2 amide bonds. The van der Waals surface area contributed by atoms with E-state index >= 15 is 0 Å². The van der Waals surface area contributed by atoms with Crippen molar-refractivity contribution in [3.63, 3.8) is 0 Å². The Morgan fingerprint density at radius 1 is 1.09 bits per heavy atom. The van der Waals surface area contributed by atoms with Gasteiger partial charge in [-0.1, -0.05) is 55.3 Å². The molecule has 2 atom stereocenters. The number of esters is 1. The number of benzene rings is 1. The van der Waals surface area contributed by atoms with Gasteiger partial charge in [0.25, 0.3) is 0 Å². The largest absolute Gasteiger partial charge is 0.464 e. The number of hydrogen-bond donors (Lipinski definition) is 3. The smallest absolute Gasteiger partial charge is 0.309 e. The molecule has 3 rings (SSSR count). The van der Waals surface area contributed by atoms with Crippen LogP contribution in [0.1, 0.15) is 50.5 Å². The SMILES string of the molecule is O=C(C[C@H]1CC=CC[C@H](Cc2ccccc2)C(=O)OCCNC1=O)NC1(CO)CCCC1. The first-order chi connectivity index (χ1) is 15.5. The minimum absolute atomic E-state index is 0.0607. The number of ether oxygens (including phenoxy) is 1. The summed E-state index contributed by atoms with van der Waals surface area (Å²) in [5.41, 5.74) is 0.524. The Labute approximate surface area is 189 Å². The summed E-state index contributed by atoms with van der Waals surface area (Å²) < 4.78 is 5.39. The fourth-order valence-electron chi connectivity index (χ4n) is 4.50. The monoisotopic (exact) mass is 442 g/mol. The fraction of sp³-hybridized carbons (Fsp3) is 0.560. The predicted octanol–water partition coefficient (Wildman–Crippen LogP) is 2.28. The Balaban J connectivity index is 1.62. The number of nitrogens with one attached hydrogen (secondary N) is 2. The molecule has 1 aliphatic heterocycles. The predicted molar refractivity (Wildman–Crippen MR) is 121 cm³/mol. The number of aliphatic hydroxyl groups excluding tert-OH is 1. The zero-order valence-corrected chi connectivity index (χ0v) is 18.6. The van der Waals surface area contributed by atoms with Crippen LogP contribution in [0.15, 0.2) is 42.5 Å². The highest BCUT2D eigenvalue weighted by Gasteiger charge is 2.35. The highest BCUT2D eigenvalue weighted by molar-refractivity contribution is 5.86. The highest BCUT2D eigenvalue weighted by atomic mass is 16.5. The molecule has 2 aliphatic rings. The van der Waals surface area contributed by atoms with Gasteiger partial charge in [-0.05, 0) is 37.7 Å². The van der Waals surface area contributed by atoms with E-state index in [4.69, 9.17) is 4.74 Å². The molecule has 1 aliphatic carbocycles. The van der Waals surface area contributed by atoms with E-state index < -0.39 is 11.5 Å². The second-order valence-electron chi connectivity index (χ2n) is 8.88. The molecule has 1 heterocycles. The molecular formula is C25H34N2O5. The Hall–Kier alpha value is -2.67. The first-order valence-corrected chi connectivity index (χ1v) is 11.6. The number of amides is 2. The molecule has 0 aromatic heterocycles. The van der Waals surface area contributed by atoms with Crippen molar-refractivity contribution < 1.29 is 24.2 Å². The van der Waals surface area contributed by atoms with E-state index in [1.54, 1.807) is 0 Å². The molecular weight excluding hydrogens is 408 g/mol. The van der Waals surface area contributed by atoms with E-state index in [2.05, 4.69) is 10.6 Å². The van der Waals surface area contributed by atoms with Crippen molar-refractivity contribution in [1.29, 1.82) is 0 Å². The van der Waals surface area contributed by atoms with Gasteiger partial charge in [-0.15, -0.1) is 0 Å². The maximum Gasteiger partial charge on any atom is 0.309 e. The van der Waals surface area contributed by atoms with Crippen LogP contribution in [-0.4, -0.2) is 48.2 Å². The molecule has 0 saturated heterocycles. The van der Waals surface area contributed by atoms with Crippen LogP contribution < -0.4 is 10.6 Å². The lowest BCUT2D eigenvalue weighted by Gasteiger charge is -2.28.